The highest BCUT2D eigenvalue weighted by Gasteiger charge is 2.21. The van der Waals surface area contributed by atoms with Gasteiger partial charge in [-0.15, -0.1) is 11.3 Å². The van der Waals surface area contributed by atoms with Crippen LogP contribution in [0.25, 0.3) is 0 Å². The van der Waals surface area contributed by atoms with Gasteiger partial charge in [-0.2, -0.15) is 0 Å². The van der Waals surface area contributed by atoms with Crippen LogP contribution in [-0.4, -0.2) is 39.5 Å². The summed E-state index contributed by atoms with van der Waals surface area (Å²) in [6.45, 7) is 5.79. The van der Waals surface area contributed by atoms with Crippen LogP contribution in [0.2, 0.25) is 0 Å². The van der Waals surface area contributed by atoms with E-state index in [9.17, 15) is 9.59 Å². The molecule has 1 heterocycles. The molecular weight excluding hydrogens is 240 g/mol. The van der Waals surface area contributed by atoms with Gasteiger partial charge in [0, 0.05) is 12.6 Å². The molecule has 1 aromatic heterocycles. The van der Waals surface area contributed by atoms with Crippen molar-refractivity contribution in [1.82, 2.24) is 9.88 Å². The molecule has 1 N–H and O–H groups in total. The topological polar surface area (TPSA) is 70.5 Å². The number of aryl methyl sites for hydroxylation is 1. The van der Waals surface area contributed by atoms with E-state index in [0.717, 1.165) is 5.01 Å². The Morgan fingerprint density at radius 1 is 1.53 bits per heavy atom. The molecule has 0 atom stereocenters. The van der Waals surface area contributed by atoms with E-state index in [1.165, 1.54) is 11.3 Å². The Morgan fingerprint density at radius 3 is 2.59 bits per heavy atom. The van der Waals surface area contributed by atoms with Crippen LogP contribution >= 0.6 is 11.3 Å². The summed E-state index contributed by atoms with van der Waals surface area (Å²) in [4.78, 5) is 28.8. The van der Waals surface area contributed by atoms with Gasteiger partial charge in [-0.3, -0.25) is 9.59 Å². The summed E-state index contributed by atoms with van der Waals surface area (Å²) in [5.41, 5.74) is 0. The molecule has 0 aliphatic heterocycles. The third kappa shape index (κ3) is 3.81. The Kier molecular flexibility index (Phi) is 4.62. The molecule has 1 rings (SSSR count). The lowest BCUT2D eigenvalue weighted by Gasteiger charge is -2.25. The molecule has 94 valence electrons. The summed E-state index contributed by atoms with van der Waals surface area (Å²) < 4.78 is 0. The number of carboxylic acids is 1. The number of hydrogen-bond acceptors (Lipinski definition) is 4. The largest absolute Gasteiger partial charge is 0.481 e. The van der Waals surface area contributed by atoms with Gasteiger partial charge in [0.25, 0.3) is 5.91 Å². The van der Waals surface area contributed by atoms with E-state index in [4.69, 9.17) is 5.11 Å². The number of amides is 1. The van der Waals surface area contributed by atoms with E-state index in [1.54, 1.807) is 11.1 Å². The van der Waals surface area contributed by atoms with Gasteiger partial charge < -0.3 is 10.0 Å². The fraction of sp³-hybridized carbons (Fsp3) is 0.545. The van der Waals surface area contributed by atoms with Gasteiger partial charge in [-0.05, 0) is 20.8 Å². The zero-order valence-electron chi connectivity index (χ0n) is 10.1. The third-order valence-electron chi connectivity index (χ3n) is 2.28. The fourth-order valence-corrected chi connectivity index (χ4v) is 2.15. The van der Waals surface area contributed by atoms with E-state index in [0.29, 0.717) is 4.88 Å². The Morgan fingerprint density at radius 2 is 2.18 bits per heavy atom. The molecule has 0 aromatic carbocycles. The van der Waals surface area contributed by atoms with Crippen LogP contribution in [-0.2, 0) is 4.79 Å². The number of hydrogen-bond donors (Lipinski definition) is 1. The maximum Gasteiger partial charge on any atom is 0.305 e. The first-order valence-electron chi connectivity index (χ1n) is 5.37. The molecular formula is C11H16N2O3S. The second-order valence-corrected chi connectivity index (χ2v) is 5.21. The van der Waals surface area contributed by atoms with Crippen LogP contribution in [0, 0.1) is 6.92 Å². The van der Waals surface area contributed by atoms with Gasteiger partial charge in [0.2, 0.25) is 0 Å². The summed E-state index contributed by atoms with van der Waals surface area (Å²) in [7, 11) is 0. The molecule has 1 aromatic rings. The number of carbonyl (C=O) groups is 2. The monoisotopic (exact) mass is 256 g/mol. The normalized spacial score (nSPS) is 10.6. The van der Waals surface area contributed by atoms with Crippen molar-refractivity contribution in [3.05, 3.63) is 16.1 Å². The maximum absolute atomic E-state index is 12.1. The number of carbonyl (C=O) groups excluding carboxylic acids is 1. The van der Waals surface area contributed by atoms with Crippen LogP contribution in [0.5, 0.6) is 0 Å². The first kappa shape index (κ1) is 13.6. The van der Waals surface area contributed by atoms with Gasteiger partial charge in [-0.1, -0.05) is 0 Å². The van der Waals surface area contributed by atoms with Crippen molar-refractivity contribution in [2.75, 3.05) is 6.54 Å². The van der Waals surface area contributed by atoms with Gasteiger partial charge in [0.15, 0.2) is 0 Å². The van der Waals surface area contributed by atoms with Crippen molar-refractivity contribution in [1.29, 1.82) is 0 Å². The van der Waals surface area contributed by atoms with E-state index in [-0.39, 0.29) is 24.9 Å². The molecule has 0 spiro atoms. The quantitative estimate of drug-likeness (QED) is 0.871. The number of aliphatic carboxylic acids is 1. The molecule has 5 nitrogen and oxygen atoms in total. The molecule has 0 bridgehead atoms. The predicted octanol–water partition coefficient (Wildman–Crippen LogP) is 1.78. The van der Waals surface area contributed by atoms with Gasteiger partial charge in [0.05, 0.1) is 17.6 Å². The molecule has 0 fully saturated rings. The predicted molar refractivity (Wildman–Crippen MR) is 65.3 cm³/mol. The van der Waals surface area contributed by atoms with Crippen molar-refractivity contribution < 1.29 is 14.7 Å². The van der Waals surface area contributed by atoms with E-state index < -0.39 is 5.97 Å². The molecule has 6 heteroatoms. The first-order valence-corrected chi connectivity index (χ1v) is 6.18. The third-order valence-corrected chi connectivity index (χ3v) is 3.18. The number of rotatable bonds is 5. The summed E-state index contributed by atoms with van der Waals surface area (Å²) in [6.07, 6.45) is 1.50. The zero-order chi connectivity index (χ0) is 13.0. The number of aromatic nitrogens is 1. The van der Waals surface area contributed by atoms with E-state index >= 15 is 0 Å². The number of carboxylic acid groups (broad SMARTS) is 1. The average Bonchev–Trinajstić information content (AvgIpc) is 2.63. The van der Waals surface area contributed by atoms with Gasteiger partial charge in [-0.25, -0.2) is 4.98 Å². The number of thiazole rings is 1. The van der Waals surface area contributed by atoms with E-state index in [2.05, 4.69) is 4.98 Å². The second kappa shape index (κ2) is 5.77. The fourth-order valence-electron chi connectivity index (χ4n) is 1.41. The van der Waals surface area contributed by atoms with Crippen LogP contribution in [0.3, 0.4) is 0 Å². The molecule has 1 amide bonds. The SMILES string of the molecule is Cc1ncc(C(=O)N(CCC(=O)O)C(C)C)s1. The minimum Gasteiger partial charge on any atom is -0.481 e. The summed E-state index contributed by atoms with van der Waals surface area (Å²) in [5, 5.41) is 9.48. The lowest BCUT2D eigenvalue weighted by Crippen LogP contribution is -2.38. The lowest BCUT2D eigenvalue weighted by molar-refractivity contribution is -0.137. The molecule has 0 saturated heterocycles. The molecule has 0 saturated carbocycles. The molecule has 0 unspecified atom stereocenters. The average molecular weight is 256 g/mol. The van der Waals surface area contributed by atoms with Crippen molar-refractivity contribution in [2.45, 2.75) is 33.2 Å². The minimum absolute atomic E-state index is 0.0238. The van der Waals surface area contributed by atoms with Crippen LogP contribution in [0.1, 0.15) is 34.9 Å². The van der Waals surface area contributed by atoms with Crippen molar-refractivity contribution in [3.8, 4) is 0 Å². The van der Waals surface area contributed by atoms with Crippen LogP contribution < -0.4 is 0 Å². The highest BCUT2D eigenvalue weighted by atomic mass is 32.1. The van der Waals surface area contributed by atoms with Gasteiger partial charge in [0.1, 0.15) is 4.88 Å². The summed E-state index contributed by atoms with van der Waals surface area (Å²) in [6, 6.07) is -0.0238. The molecule has 17 heavy (non-hydrogen) atoms. The summed E-state index contributed by atoms with van der Waals surface area (Å²) >= 11 is 1.33. The standard InChI is InChI=1S/C11H16N2O3S/c1-7(2)13(5-4-10(14)15)11(16)9-6-12-8(3)17-9/h6-7H,4-5H2,1-3H3,(H,14,15). The highest BCUT2D eigenvalue weighted by molar-refractivity contribution is 7.13. The minimum atomic E-state index is -0.899. The lowest BCUT2D eigenvalue weighted by atomic mass is 10.2. The smallest absolute Gasteiger partial charge is 0.305 e. The number of nitrogens with zero attached hydrogens (tertiary/aromatic N) is 2. The molecule has 0 aliphatic carbocycles. The van der Waals surface area contributed by atoms with Crippen LogP contribution in [0.4, 0.5) is 0 Å². The van der Waals surface area contributed by atoms with Crippen LogP contribution in [0.15, 0.2) is 6.20 Å². The van der Waals surface area contributed by atoms with E-state index in [1.807, 2.05) is 20.8 Å². The van der Waals surface area contributed by atoms with Crippen molar-refractivity contribution in [2.24, 2.45) is 0 Å². The Hall–Kier alpha value is -1.43. The van der Waals surface area contributed by atoms with Crippen molar-refractivity contribution in [3.63, 3.8) is 0 Å². The maximum atomic E-state index is 12.1. The first-order chi connectivity index (χ1) is 7.91. The van der Waals surface area contributed by atoms with Gasteiger partial charge >= 0.3 is 5.97 Å². The zero-order valence-corrected chi connectivity index (χ0v) is 11.0. The highest BCUT2D eigenvalue weighted by Crippen LogP contribution is 2.16. The van der Waals surface area contributed by atoms with Crippen molar-refractivity contribution >= 4 is 23.2 Å². The Labute approximate surface area is 104 Å². The molecule has 0 radical (unpaired) electrons. The second-order valence-electron chi connectivity index (χ2n) is 3.98. The summed E-state index contributed by atoms with van der Waals surface area (Å²) in [5.74, 6) is -1.05. The molecule has 0 aliphatic rings. The Balaban J connectivity index is 2.77. The Bertz CT molecular complexity index is 415.